The molecule has 1 N–H and O–H groups in total. The average molecular weight is 301 g/mol. The maximum Gasteiger partial charge on any atom is 0.337 e. The molecule has 0 unspecified atom stereocenters. The molecule has 0 atom stereocenters. The molecule has 1 amide bonds. The lowest BCUT2D eigenvalue weighted by atomic mass is 10.3. The van der Waals surface area contributed by atoms with Gasteiger partial charge in [-0.15, -0.1) is 0 Å². The summed E-state index contributed by atoms with van der Waals surface area (Å²) in [5.74, 6) is -1.57. The van der Waals surface area contributed by atoms with E-state index in [4.69, 9.17) is 5.11 Å². The summed E-state index contributed by atoms with van der Waals surface area (Å²) in [4.78, 5) is 27.0. The lowest BCUT2D eigenvalue weighted by molar-refractivity contribution is -0.128. The van der Waals surface area contributed by atoms with Crippen molar-refractivity contribution in [3.05, 3.63) is 23.9 Å². The molecule has 0 spiro atoms. The van der Waals surface area contributed by atoms with E-state index in [-0.39, 0.29) is 23.0 Å². The van der Waals surface area contributed by atoms with Gasteiger partial charge in [-0.05, 0) is 12.1 Å². The van der Waals surface area contributed by atoms with Crippen molar-refractivity contribution in [1.29, 1.82) is 0 Å². The summed E-state index contributed by atoms with van der Waals surface area (Å²) >= 11 is 0. The number of aromatic nitrogens is 1. The normalized spacial score (nSPS) is 11.4. The first-order valence-corrected chi connectivity index (χ1v) is 6.96. The standard InChI is InChI=1S/C11H15N3O5S/c1-13(2)10(15)7-14(3)20(18,19)9-5-4-8(6-12-9)11(16)17/h4-6H,7H2,1-3H3,(H,16,17). The minimum atomic E-state index is -3.93. The second-order valence-corrected chi connectivity index (χ2v) is 6.23. The highest BCUT2D eigenvalue weighted by atomic mass is 32.2. The van der Waals surface area contributed by atoms with Crippen LogP contribution < -0.4 is 0 Å². The number of pyridine rings is 1. The summed E-state index contributed by atoms with van der Waals surface area (Å²) < 4.78 is 25.1. The molecule has 0 aliphatic rings. The zero-order chi connectivity index (χ0) is 15.5. The Bertz CT molecular complexity index is 609. The van der Waals surface area contributed by atoms with Gasteiger partial charge < -0.3 is 10.0 Å². The lowest BCUT2D eigenvalue weighted by Gasteiger charge is -2.18. The summed E-state index contributed by atoms with van der Waals surface area (Å²) in [5, 5.41) is 8.41. The molecule has 0 saturated heterocycles. The van der Waals surface area contributed by atoms with Gasteiger partial charge in [0.2, 0.25) is 5.91 Å². The summed E-state index contributed by atoms with van der Waals surface area (Å²) in [6.07, 6.45) is 0.955. The van der Waals surface area contributed by atoms with E-state index in [0.717, 1.165) is 22.6 Å². The molecular formula is C11H15N3O5S. The molecule has 0 aromatic carbocycles. The maximum atomic E-state index is 12.1. The average Bonchev–Trinajstić information content (AvgIpc) is 2.38. The van der Waals surface area contributed by atoms with Crippen LogP contribution in [0.3, 0.4) is 0 Å². The molecule has 20 heavy (non-hydrogen) atoms. The predicted octanol–water partition coefficient (Wildman–Crippen LogP) is -0.511. The van der Waals surface area contributed by atoms with Crippen molar-refractivity contribution in [3.8, 4) is 0 Å². The topological polar surface area (TPSA) is 108 Å². The van der Waals surface area contributed by atoms with E-state index in [1.807, 2.05) is 0 Å². The van der Waals surface area contributed by atoms with E-state index < -0.39 is 16.0 Å². The van der Waals surface area contributed by atoms with Crippen molar-refractivity contribution in [2.75, 3.05) is 27.7 Å². The third kappa shape index (κ3) is 3.52. The van der Waals surface area contributed by atoms with Crippen molar-refractivity contribution in [2.45, 2.75) is 5.03 Å². The van der Waals surface area contributed by atoms with E-state index >= 15 is 0 Å². The summed E-state index contributed by atoms with van der Waals surface area (Å²) in [6.45, 7) is -0.322. The van der Waals surface area contributed by atoms with Gasteiger partial charge in [0.05, 0.1) is 12.1 Å². The highest BCUT2D eigenvalue weighted by molar-refractivity contribution is 7.89. The number of carbonyl (C=O) groups excluding carboxylic acids is 1. The second-order valence-electron chi connectivity index (χ2n) is 4.24. The van der Waals surface area contributed by atoms with Gasteiger partial charge in [0, 0.05) is 27.3 Å². The van der Waals surface area contributed by atoms with Crippen molar-refractivity contribution in [3.63, 3.8) is 0 Å². The molecule has 9 heteroatoms. The predicted molar refractivity (Wildman–Crippen MR) is 69.7 cm³/mol. The molecule has 1 aromatic rings. The minimum Gasteiger partial charge on any atom is -0.478 e. The van der Waals surface area contributed by atoms with Gasteiger partial charge in [0.15, 0.2) is 5.03 Å². The van der Waals surface area contributed by atoms with Crippen molar-refractivity contribution in [1.82, 2.24) is 14.2 Å². The number of carbonyl (C=O) groups is 2. The van der Waals surface area contributed by atoms with Gasteiger partial charge in [-0.2, -0.15) is 4.31 Å². The summed E-state index contributed by atoms with van der Waals surface area (Å²) in [6, 6.07) is 2.24. The number of amides is 1. The Kier molecular flexibility index (Phi) is 4.79. The van der Waals surface area contributed by atoms with Crippen LogP contribution in [-0.2, 0) is 14.8 Å². The van der Waals surface area contributed by atoms with Gasteiger partial charge in [0.1, 0.15) is 0 Å². The number of carboxylic acid groups (broad SMARTS) is 1. The number of carboxylic acids is 1. The van der Waals surface area contributed by atoms with E-state index in [1.54, 1.807) is 0 Å². The van der Waals surface area contributed by atoms with Crippen LogP contribution in [0.4, 0.5) is 0 Å². The molecule has 0 bridgehead atoms. The van der Waals surface area contributed by atoms with Crippen LogP contribution in [0.2, 0.25) is 0 Å². The third-order valence-corrected chi connectivity index (χ3v) is 4.23. The van der Waals surface area contributed by atoms with Gasteiger partial charge in [-0.3, -0.25) is 4.79 Å². The third-order valence-electron chi connectivity index (χ3n) is 2.51. The lowest BCUT2D eigenvalue weighted by Crippen LogP contribution is -2.38. The number of sulfonamides is 1. The van der Waals surface area contributed by atoms with Crippen molar-refractivity contribution < 1.29 is 23.1 Å². The number of hydrogen-bond donors (Lipinski definition) is 1. The van der Waals surface area contributed by atoms with E-state index in [1.165, 1.54) is 26.0 Å². The first kappa shape index (κ1) is 16.1. The molecule has 0 aliphatic carbocycles. The van der Waals surface area contributed by atoms with E-state index in [0.29, 0.717) is 0 Å². The van der Waals surface area contributed by atoms with Crippen LogP contribution in [0.15, 0.2) is 23.4 Å². The van der Waals surface area contributed by atoms with Crippen molar-refractivity contribution >= 4 is 21.9 Å². The van der Waals surface area contributed by atoms with Crippen LogP contribution in [0, 0.1) is 0 Å². The van der Waals surface area contributed by atoms with E-state index in [9.17, 15) is 18.0 Å². The molecule has 0 radical (unpaired) electrons. The molecule has 1 aromatic heterocycles. The first-order valence-electron chi connectivity index (χ1n) is 5.52. The SMILES string of the molecule is CN(C)C(=O)CN(C)S(=O)(=O)c1ccc(C(=O)O)cn1. The highest BCUT2D eigenvalue weighted by Crippen LogP contribution is 2.12. The zero-order valence-electron chi connectivity index (χ0n) is 11.3. The van der Waals surface area contributed by atoms with Crippen LogP contribution in [0.5, 0.6) is 0 Å². The molecule has 0 aliphatic heterocycles. The maximum absolute atomic E-state index is 12.1. The van der Waals surface area contributed by atoms with E-state index in [2.05, 4.69) is 4.98 Å². The quantitative estimate of drug-likeness (QED) is 0.784. The Morgan fingerprint density at radius 3 is 2.25 bits per heavy atom. The Hall–Kier alpha value is -2.00. The molecule has 1 heterocycles. The Labute approximate surface area is 116 Å². The Morgan fingerprint density at radius 1 is 1.25 bits per heavy atom. The second kappa shape index (κ2) is 5.97. The highest BCUT2D eigenvalue weighted by Gasteiger charge is 2.25. The number of aromatic carboxylic acids is 1. The van der Waals surface area contributed by atoms with Crippen LogP contribution in [-0.4, -0.2) is 67.3 Å². The van der Waals surface area contributed by atoms with Crippen LogP contribution in [0.25, 0.3) is 0 Å². The number of hydrogen-bond acceptors (Lipinski definition) is 5. The Balaban J connectivity index is 2.98. The largest absolute Gasteiger partial charge is 0.478 e. The molecular weight excluding hydrogens is 286 g/mol. The van der Waals surface area contributed by atoms with Crippen LogP contribution in [0.1, 0.15) is 10.4 Å². The van der Waals surface area contributed by atoms with Crippen LogP contribution >= 0.6 is 0 Å². The molecule has 8 nitrogen and oxygen atoms in total. The Morgan fingerprint density at radius 2 is 1.85 bits per heavy atom. The minimum absolute atomic E-state index is 0.115. The number of rotatable bonds is 5. The molecule has 0 saturated carbocycles. The molecule has 0 fully saturated rings. The number of nitrogens with zero attached hydrogens (tertiary/aromatic N) is 3. The van der Waals surface area contributed by atoms with Gasteiger partial charge >= 0.3 is 5.97 Å². The fourth-order valence-corrected chi connectivity index (χ4v) is 2.26. The molecule has 1 rings (SSSR count). The fourth-order valence-electron chi connectivity index (χ4n) is 1.24. The van der Waals surface area contributed by atoms with Crippen molar-refractivity contribution in [2.24, 2.45) is 0 Å². The van der Waals surface area contributed by atoms with Gasteiger partial charge in [0.25, 0.3) is 10.0 Å². The van der Waals surface area contributed by atoms with Gasteiger partial charge in [-0.1, -0.05) is 0 Å². The summed E-state index contributed by atoms with van der Waals surface area (Å²) in [7, 11) is 0.358. The van der Waals surface area contributed by atoms with Gasteiger partial charge in [-0.25, -0.2) is 18.2 Å². The smallest absolute Gasteiger partial charge is 0.337 e. The number of likely N-dealkylation sites (N-methyl/N-ethyl adjacent to an activating group) is 2. The first-order chi connectivity index (χ1) is 9.16. The fraction of sp³-hybridized carbons (Fsp3) is 0.364. The zero-order valence-corrected chi connectivity index (χ0v) is 12.1. The molecule has 110 valence electrons. The summed E-state index contributed by atoms with van der Waals surface area (Å²) in [5.41, 5.74) is -0.115. The monoisotopic (exact) mass is 301 g/mol.